The zero-order valence-corrected chi connectivity index (χ0v) is 22.9. The first-order valence-electron chi connectivity index (χ1n) is 13.1. The minimum atomic E-state index is -1.17. The van der Waals surface area contributed by atoms with Crippen molar-refractivity contribution in [3.8, 4) is 0 Å². The van der Waals surface area contributed by atoms with E-state index in [-0.39, 0.29) is 65.2 Å². The molecule has 7 atom stereocenters. The van der Waals surface area contributed by atoms with Gasteiger partial charge >= 0.3 is 5.97 Å². The average Bonchev–Trinajstić information content (AvgIpc) is 3.67. The van der Waals surface area contributed by atoms with E-state index >= 15 is 0 Å². The third kappa shape index (κ3) is 5.22. The molecule has 4 aliphatic rings. The van der Waals surface area contributed by atoms with E-state index in [2.05, 4.69) is 31.5 Å². The fraction of sp³-hybridized carbons (Fsp3) is 0.652. The number of nitrogens with one attached hydrogen (secondary N) is 4. The number of guanidine groups is 1. The van der Waals surface area contributed by atoms with Gasteiger partial charge in [-0.05, 0) is 30.2 Å². The minimum Gasteiger partial charge on any atom is -0.477 e. The quantitative estimate of drug-likeness (QED) is 0.102. The van der Waals surface area contributed by atoms with Crippen LogP contribution in [-0.2, 0) is 25.7 Å². The summed E-state index contributed by atoms with van der Waals surface area (Å²) >= 11 is 1.41. The van der Waals surface area contributed by atoms with E-state index < -0.39 is 17.9 Å². The third-order valence-electron chi connectivity index (χ3n) is 7.96. The molecule has 0 radical (unpaired) electrons. The normalized spacial score (nSPS) is 30.2. The van der Waals surface area contributed by atoms with Crippen LogP contribution in [0.5, 0.6) is 0 Å². The van der Waals surface area contributed by atoms with Crippen molar-refractivity contribution in [3.05, 3.63) is 16.9 Å². The minimum absolute atomic E-state index is 0.0107. The molecule has 0 bridgehead atoms. The summed E-state index contributed by atoms with van der Waals surface area (Å²) in [6.07, 6.45) is 2.56. The largest absolute Gasteiger partial charge is 0.477 e. The Morgan fingerprint density at radius 2 is 2.15 bits per heavy atom. The first kappa shape index (κ1) is 27.8. The first-order valence-corrected chi connectivity index (χ1v) is 14.0. The Morgan fingerprint density at radius 1 is 1.38 bits per heavy atom. The Hall–Kier alpha value is -3.73. The van der Waals surface area contributed by atoms with Gasteiger partial charge in [-0.3, -0.25) is 19.8 Å². The molecule has 3 saturated heterocycles. The highest BCUT2D eigenvalue weighted by Crippen LogP contribution is 2.51. The lowest BCUT2D eigenvalue weighted by Gasteiger charge is -2.47. The lowest BCUT2D eigenvalue weighted by Crippen LogP contribution is -2.66. The van der Waals surface area contributed by atoms with Crippen LogP contribution in [-0.4, -0.2) is 114 Å². The number of carbonyl (C=O) groups is 4. The molecule has 5 heterocycles. The number of carboxylic acid groups (broad SMARTS) is 1. The molecule has 216 valence electrons. The molecular weight excluding hydrogens is 542 g/mol. The van der Waals surface area contributed by atoms with Crippen LogP contribution in [0, 0.1) is 17.2 Å². The number of carboxylic acids is 1. The van der Waals surface area contributed by atoms with Gasteiger partial charge in [0, 0.05) is 47.8 Å². The van der Waals surface area contributed by atoms with E-state index in [1.807, 2.05) is 6.92 Å². The molecule has 1 unspecified atom stereocenters. The second-order valence-corrected chi connectivity index (χ2v) is 12.0. The van der Waals surface area contributed by atoms with Gasteiger partial charge in [-0.2, -0.15) is 0 Å². The maximum absolute atomic E-state index is 13.1. The van der Waals surface area contributed by atoms with E-state index in [0.717, 1.165) is 0 Å². The molecule has 0 saturated carbocycles. The van der Waals surface area contributed by atoms with Crippen molar-refractivity contribution in [1.82, 2.24) is 46.0 Å². The van der Waals surface area contributed by atoms with Gasteiger partial charge < -0.3 is 36.6 Å². The number of aromatic nitrogens is 4. The Labute approximate surface area is 233 Å². The molecule has 40 heavy (non-hydrogen) atoms. The summed E-state index contributed by atoms with van der Waals surface area (Å²) in [5.74, 6) is -2.80. The third-order valence-corrected chi connectivity index (χ3v) is 9.47. The molecule has 3 fully saturated rings. The molecule has 4 aliphatic heterocycles. The smallest absolute Gasteiger partial charge is 0.353 e. The van der Waals surface area contributed by atoms with Crippen LogP contribution in [0.1, 0.15) is 26.7 Å². The number of hydrogen-bond donors (Lipinski definition) is 6. The second kappa shape index (κ2) is 11.0. The summed E-state index contributed by atoms with van der Waals surface area (Å²) in [5.41, 5.74) is 5.41. The van der Waals surface area contributed by atoms with Gasteiger partial charge in [0.2, 0.25) is 17.7 Å². The van der Waals surface area contributed by atoms with Crippen LogP contribution in [0.3, 0.4) is 0 Å². The lowest BCUT2D eigenvalue weighted by atomic mass is 9.78. The van der Waals surface area contributed by atoms with Crippen molar-refractivity contribution in [3.63, 3.8) is 0 Å². The standard InChI is InChI=1S/C23H33N11O5S/c1-10-17-16(11(2)28-15(35)8-33-9-27-30-31-33)21(37)34(17)18(22(38)39)19(10)40-13-5-14(26-6-13)20(36)32-4-3-12(7-32)29-23(24)25/h9-14,16-17,26H,3-8H2,1-2H3,(H,28,35)(H,38,39)(H4,24,25,29)/t10-,11?,12-,13+,14+,16-,17-/m1/s1. The molecule has 17 heteroatoms. The van der Waals surface area contributed by atoms with Crippen molar-refractivity contribution < 1.29 is 24.3 Å². The van der Waals surface area contributed by atoms with Gasteiger partial charge in [-0.25, -0.2) is 9.48 Å². The highest BCUT2D eigenvalue weighted by atomic mass is 32.2. The fourth-order valence-electron chi connectivity index (χ4n) is 6.17. The maximum atomic E-state index is 13.1. The number of carbonyl (C=O) groups excluding carboxylic acids is 3. The Bertz CT molecular complexity index is 1240. The summed E-state index contributed by atoms with van der Waals surface area (Å²) in [4.78, 5) is 54.7. The van der Waals surface area contributed by atoms with E-state index in [1.165, 1.54) is 27.7 Å². The summed E-state index contributed by atoms with van der Waals surface area (Å²) < 4.78 is 1.27. The van der Waals surface area contributed by atoms with Crippen LogP contribution >= 0.6 is 11.8 Å². The number of aliphatic carboxylic acids is 1. The van der Waals surface area contributed by atoms with Crippen molar-refractivity contribution in [1.29, 1.82) is 5.41 Å². The van der Waals surface area contributed by atoms with Crippen molar-refractivity contribution >= 4 is 41.4 Å². The van der Waals surface area contributed by atoms with E-state index in [9.17, 15) is 24.3 Å². The Morgan fingerprint density at radius 3 is 2.83 bits per heavy atom. The van der Waals surface area contributed by atoms with Gasteiger partial charge in [0.1, 0.15) is 18.6 Å². The lowest BCUT2D eigenvalue weighted by molar-refractivity contribution is -0.158. The summed E-state index contributed by atoms with van der Waals surface area (Å²) in [6, 6.07) is -1.33. The highest BCUT2D eigenvalue weighted by Gasteiger charge is 2.60. The number of thioether (sulfide) groups is 1. The van der Waals surface area contributed by atoms with Gasteiger partial charge in [-0.15, -0.1) is 16.9 Å². The molecule has 0 aromatic carbocycles. The first-order chi connectivity index (χ1) is 19.0. The van der Waals surface area contributed by atoms with Crippen LogP contribution in [0.2, 0.25) is 0 Å². The van der Waals surface area contributed by atoms with Crippen LogP contribution < -0.4 is 21.7 Å². The zero-order valence-electron chi connectivity index (χ0n) is 22.1. The summed E-state index contributed by atoms with van der Waals surface area (Å²) in [6.45, 7) is 5.13. The Kier molecular flexibility index (Phi) is 7.67. The predicted octanol–water partition coefficient (Wildman–Crippen LogP) is -2.50. The second-order valence-electron chi connectivity index (χ2n) is 10.7. The van der Waals surface area contributed by atoms with Crippen LogP contribution in [0.25, 0.3) is 0 Å². The number of β-lactam (4-membered cyclic amide) rings is 1. The van der Waals surface area contributed by atoms with Crippen molar-refractivity contribution in [2.24, 2.45) is 17.6 Å². The summed E-state index contributed by atoms with van der Waals surface area (Å²) in [5, 5.41) is 37.0. The average molecular weight is 576 g/mol. The number of hydrogen-bond acceptors (Lipinski definition) is 10. The number of tetrazole rings is 1. The fourth-order valence-corrected chi connectivity index (χ4v) is 7.64. The van der Waals surface area contributed by atoms with E-state index in [0.29, 0.717) is 37.4 Å². The molecule has 5 rings (SSSR count). The highest BCUT2D eigenvalue weighted by molar-refractivity contribution is 8.03. The van der Waals surface area contributed by atoms with Crippen LogP contribution in [0.4, 0.5) is 0 Å². The van der Waals surface area contributed by atoms with Gasteiger partial charge in [0.25, 0.3) is 0 Å². The van der Waals surface area contributed by atoms with Crippen LogP contribution in [0.15, 0.2) is 16.9 Å². The van der Waals surface area contributed by atoms with Gasteiger partial charge in [0.05, 0.1) is 18.0 Å². The molecule has 1 aromatic heterocycles. The molecule has 16 nitrogen and oxygen atoms in total. The van der Waals surface area contributed by atoms with Crippen molar-refractivity contribution in [2.45, 2.75) is 62.7 Å². The number of nitrogens with zero attached hydrogens (tertiary/aromatic N) is 6. The van der Waals surface area contributed by atoms with Gasteiger partial charge in [0.15, 0.2) is 5.96 Å². The van der Waals surface area contributed by atoms with E-state index in [1.54, 1.807) is 11.8 Å². The topological polar surface area (TPSA) is 225 Å². The van der Waals surface area contributed by atoms with Crippen molar-refractivity contribution in [2.75, 3.05) is 19.6 Å². The SMILES string of the molecule is CC(NC(=O)Cn1cnnn1)[C@H]1C(=O)N2C(C(=O)O)=C(S[C@@H]3CN[C@H](C(=O)N4CC[C@@H](NC(=N)N)C4)C3)[C@H](C)[C@H]12. The molecular formula is C23H33N11O5S. The number of likely N-dealkylation sites (tertiary alicyclic amines) is 1. The number of fused-ring (bicyclic) bond motifs is 1. The Balaban J connectivity index is 1.20. The van der Waals surface area contributed by atoms with E-state index in [4.69, 9.17) is 11.1 Å². The summed E-state index contributed by atoms with van der Waals surface area (Å²) in [7, 11) is 0. The predicted molar refractivity (Wildman–Crippen MR) is 141 cm³/mol. The molecule has 1 aromatic rings. The van der Waals surface area contributed by atoms with Gasteiger partial charge in [-0.1, -0.05) is 6.92 Å². The monoisotopic (exact) mass is 575 g/mol. The number of rotatable bonds is 9. The molecule has 3 amide bonds. The molecule has 7 N–H and O–H groups in total. The number of nitrogens with two attached hydrogens (primary N) is 1. The number of amides is 3. The zero-order chi connectivity index (χ0) is 28.7. The maximum Gasteiger partial charge on any atom is 0.353 e. The molecule has 0 aliphatic carbocycles. The molecule has 0 spiro atoms.